The Balaban J connectivity index is 3.15. The van der Waals surface area contributed by atoms with E-state index in [1.165, 1.54) is 11.3 Å². The second-order valence-corrected chi connectivity index (χ2v) is 3.05. The quantitative estimate of drug-likeness (QED) is 0.607. The Bertz CT molecular complexity index is 263. The molecule has 2 nitrogen and oxygen atoms in total. The summed E-state index contributed by atoms with van der Waals surface area (Å²) in [7, 11) is 0. The first-order valence-corrected chi connectivity index (χ1v) is 3.60. The van der Waals surface area contributed by atoms with E-state index in [0.29, 0.717) is 9.75 Å². The zero-order valence-electron chi connectivity index (χ0n) is 5.46. The standard InChI is InChI=1S/C7H6O2S/c1-5-2-6(3-8)10-7(5)4-9/h2-4H,1H3. The fourth-order valence-corrected chi connectivity index (χ4v) is 1.50. The molecule has 0 saturated carbocycles. The lowest BCUT2D eigenvalue weighted by molar-refractivity contribution is 0.111. The van der Waals surface area contributed by atoms with E-state index in [1.54, 1.807) is 6.07 Å². The molecule has 0 atom stereocenters. The maximum atomic E-state index is 10.3. The van der Waals surface area contributed by atoms with Crippen molar-refractivity contribution < 1.29 is 9.59 Å². The highest BCUT2D eigenvalue weighted by atomic mass is 32.1. The molecule has 0 aromatic carbocycles. The summed E-state index contributed by atoms with van der Waals surface area (Å²) in [5.74, 6) is 0. The van der Waals surface area contributed by atoms with E-state index >= 15 is 0 Å². The van der Waals surface area contributed by atoms with Crippen LogP contribution in [0.2, 0.25) is 0 Å². The van der Waals surface area contributed by atoms with Crippen LogP contribution in [0.25, 0.3) is 0 Å². The summed E-state index contributed by atoms with van der Waals surface area (Å²) < 4.78 is 0. The van der Waals surface area contributed by atoms with Crippen molar-refractivity contribution in [2.75, 3.05) is 0 Å². The minimum Gasteiger partial charge on any atom is -0.297 e. The average molecular weight is 154 g/mol. The van der Waals surface area contributed by atoms with Crippen molar-refractivity contribution in [2.45, 2.75) is 6.92 Å². The Hall–Kier alpha value is -0.960. The maximum absolute atomic E-state index is 10.3. The third-order valence-electron chi connectivity index (χ3n) is 1.20. The summed E-state index contributed by atoms with van der Waals surface area (Å²) in [6, 6.07) is 1.71. The topological polar surface area (TPSA) is 34.1 Å². The lowest BCUT2D eigenvalue weighted by Gasteiger charge is -1.78. The SMILES string of the molecule is Cc1cc(C=O)sc1C=O. The first-order chi connectivity index (χ1) is 4.77. The summed E-state index contributed by atoms with van der Waals surface area (Å²) in [5, 5.41) is 0. The highest BCUT2D eigenvalue weighted by Crippen LogP contribution is 2.17. The third kappa shape index (κ3) is 1.14. The van der Waals surface area contributed by atoms with Crippen LogP contribution in [0.5, 0.6) is 0 Å². The number of thiophene rings is 1. The van der Waals surface area contributed by atoms with E-state index in [4.69, 9.17) is 0 Å². The van der Waals surface area contributed by atoms with Gasteiger partial charge in [-0.25, -0.2) is 0 Å². The van der Waals surface area contributed by atoms with Gasteiger partial charge in [-0.15, -0.1) is 11.3 Å². The Labute approximate surface area is 62.5 Å². The minimum atomic E-state index is 0.611. The molecule has 10 heavy (non-hydrogen) atoms. The molecular formula is C7H6O2S. The van der Waals surface area contributed by atoms with Gasteiger partial charge in [0.15, 0.2) is 12.6 Å². The third-order valence-corrected chi connectivity index (χ3v) is 2.29. The molecule has 3 heteroatoms. The molecule has 52 valence electrons. The molecule has 0 fully saturated rings. The molecule has 0 radical (unpaired) electrons. The van der Waals surface area contributed by atoms with E-state index < -0.39 is 0 Å². The molecule has 1 aromatic heterocycles. The molecule has 0 aliphatic heterocycles. The van der Waals surface area contributed by atoms with Crippen molar-refractivity contribution in [1.29, 1.82) is 0 Å². The van der Waals surface area contributed by atoms with Gasteiger partial charge < -0.3 is 0 Å². The summed E-state index contributed by atoms with van der Waals surface area (Å²) in [6.45, 7) is 1.81. The lowest BCUT2D eigenvalue weighted by Crippen LogP contribution is -1.72. The Morgan fingerprint density at radius 1 is 1.40 bits per heavy atom. The number of aldehydes is 2. The molecule has 0 aliphatic carbocycles. The Kier molecular flexibility index (Phi) is 1.97. The van der Waals surface area contributed by atoms with Crippen LogP contribution in [0.4, 0.5) is 0 Å². The van der Waals surface area contributed by atoms with E-state index in [0.717, 1.165) is 18.1 Å². The fourth-order valence-electron chi connectivity index (χ4n) is 0.697. The van der Waals surface area contributed by atoms with Gasteiger partial charge in [-0.3, -0.25) is 9.59 Å². The van der Waals surface area contributed by atoms with Crippen LogP contribution < -0.4 is 0 Å². The Morgan fingerprint density at radius 3 is 2.40 bits per heavy atom. The minimum absolute atomic E-state index is 0.611. The van der Waals surface area contributed by atoms with Crippen LogP contribution in [0.15, 0.2) is 6.07 Å². The molecule has 0 unspecified atom stereocenters. The van der Waals surface area contributed by atoms with Gasteiger partial charge in [-0.05, 0) is 18.6 Å². The predicted octanol–water partition coefficient (Wildman–Crippen LogP) is 1.68. The van der Waals surface area contributed by atoms with Gasteiger partial charge in [0, 0.05) is 0 Å². The van der Waals surface area contributed by atoms with Gasteiger partial charge in [0.1, 0.15) is 0 Å². The second-order valence-electron chi connectivity index (χ2n) is 1.93. The van der Waals surface area contributed by atoms with Crippen LogP contribution in [0.1, 0.15) is 24.9 Å². The number of carbonyl (C=O) groups excluding carboxylic acids is 2. The number of carbonyl (C=O) groups is 2. The second kappa shape index (κ2) is 2.75. The van der Waals surface area contributed by atoms with Crippen molar-refractivity contribution in [3.8, 4) is 0 Å². The van der Waals surface area contributed by atoms with Gasteiger partial charge in [-0.1, -0.05) is 0 Å². The summed E-state index contributed by atoms with van der Waals surface area (Å²) in [5.41, 5.74) is 0.877. The van der Waals surface area contributed by atoms with Gasteiger partial charge in [-0.2, -0.15) is 0 Å². The number of aryl methyl sites for hydroxylation is 1. The van der Waals surface area contributed by atoms with Gasteiger partial charge in [0.05, 0.1) is 9.75 Å². The van der Waals surface area contributed by atoms with E-state index in [1.807, 2.05) is 6.92 Å². The van der Waals surface area contributed by atoms with Crippen LogP contribution >= 0.6 is 11.3 Å². The zero-order chi connectivity index (χ0) is 7.56. The predicted molar refractivity (Wildman–Crippen MR) is 39.8 cm³/mol. The Morgan fingerprint density at radius 2 is 2.10 bits per heavy atom. The normalized spacial score (nSPS) is 9.30. The molecular weight excluding hydrogens is 148 g/mol. The molecule has 1 heterocycles. The number of rotatable bonds is 2. The van der Waals surface area contributed by atoms with E-state index in [9.17, 15) is 9.59 Å². The van der Waals surface area contributed by atoms with Gasteiger partial charge in [0.25, 0.3) is 0 Å². The largest absolute Gasteiger partial charge is 0.297 e. The zero-order valence-corrected chi connectivity index (χ0v) is 6.27. The summed E-state index contributed by atoms with van der Waals surface area (Å²) in [4.78, 5) is 21.7. The first-order valence-electron chi connectivity index (χ1n) is 2.78. The maximum Gasteiger partial charge on any atom is 0.160 e. The van der Waals surface area contributed by atoms with Gasteiger partial charge in [0.2, 0.25) is 0 Å². The van der Waals surface area contributed by atoms with E-state index in [-0.39, 0.29) is 0 Å². The highest BCUT2D eigenvalue weighted by molar-refractivity contribution is 7.15. The molecule has 1 aromatic rings. The van der Waals surface area contributed by atoms with Crippen molar-refractivity contribution >= 4 is 23.9 Å². The highest BCUT2D eigenvalue weighted by Gasteiger charge is 2.01. The number of hydrogen-bond donors (Lipinski definition) is 0. The van der Waals surface area contributed by atoms with Crippen LogP contribution in [-0.2, 0) is 0 Å². The molecule has 0 bridgehead atoms. The lowest BCUT2D eigenvalue weighted by atomic mass is 10.3. The smallest absolute Gasteiger partial charge is 0.160 e. The van der Waals surface area contributed by atoms with Crippen molar-refractivity contribution in [1.82, 2.24) is 0 Å². The summed E-state index contributed by atoms with van der Waals surface area (Å²) >= 11 is 1.22. The van der Waals surface area contributed by atoms with Crippen LogP contribution in [0, 0.1) is 6.92 Å². The first kappa shape index (κ1) is 7.15. The van der Waals surface area contributed by atoms with Crippen LogP contribution in [-0.4, -0.2) is 12.6 Å². The average Bonchev–Trinajstić information content (AvgIpc) is 2.30. The summed E-state index contributed by atoms with van der Waals surface area (Å²) in [6.07, 6.45) is 1.53. The van der Waals surface area contributed by atoms with Crippen molar-refractivity contribution in [3.05, 3.63) is 21.4 Å². The molecule has 0 amide bonds. The number of hydrogen-bond acceptors (Lipinski definition) is 3. The van der Waals surface area contributed by atoms with Crippen molar-refractivity contribution in [2.24, 2.45) is 0 Å². The molecule has 0 saturated heterocycles. The molecule has 0 N–H and O–H groups in total. The molecule has 0 spiro atoms. The fraction of sp³-hybridized carbons (Fsp3) is 0.143. The van der Waals surface area contributed by atoms with Gasteiger partial charge >= 0.3 is 0 Å². The van der Waals surface area contributed by atoms with Crippen LogP contribution in [0.3, 0.4) is 0 Å². The monoisotopic (exact) mass is 154 g/mol. The molecule has 0 aliphatic rings. The van der Waals surface area contributed by atoms with Crippen molar-refractivity contribution in [3.63, 3.8) is 0 Å². The molecule has 1 rings (SSSR count). The van der Waals surface area contributed by atoms with E-state index in [2.05, 4.69) is 0 Å².